The van der Waals surface area contributed by atoms with Crippen molar-refractivity contribution >= 4 is 17.2 Å². The summed E-state index contributed by atoms with van der Waals surface area (Å²) < 4.78 is 0. The van der Waals surface area contributed by atoms with Crippen LogP contribution >= 0.6 is 11.3 Å². The Hall–Kier alpha value is -0.980. The van der Waals surface area contributed by atoms with Crippen molar-refractivity contribution in [1.82, 2.24) is 10.3 Å². The summed E-state index contributed by atoms with van der Waals surface area (Å²) in [6.45, 7) is 5.76. The predicted octanol–water partition coefficient (Wildman–Crippen LogP) is 1.44. The number of hydrogen-bond acceptors (Lipinski definition) is 5. The van der Waals surface area contributed by atoms with Crippen LogP contribution in [-0.2, 0) is 0 Å². The van der Waals surface area contributed by atoms with Crippen molar-refractivity contribution in [2.75, 3.05) is 6.54 Å². The molecular formula is C12H21N3O2S. The van der Waals surface area contributed by atoms with Crippen molar-refractivity contribution in [2.24, 2.45) is 5.73 Å². The average Bonchev–Trinajstić information content (AvgIpc) is 2.75. The Kier molecular flexibility index (Phi) is 5.25. The van der Waals surface area contributed by atoms with E-state index in [4.69, 9.17) is 5.73 Å². The van der Waals surface area contributed by atoms with Crippen LogP contribution in [0.4, 0.5) is 0 Å². The van der Waals surface area contributed by atoms with Gasteiger partial charge in [-0.3, -0.25) is 4.79 Å². The average molecular weight is 271 g/mol. The summed E-state index contributed by atoms with van der Waals surface area (Å²) in [5.41, 5.74) is 5.18. The van der Waals surface area contributed by atoms with Crippen LogP contribution in [-0.4, -0.2) is 28.1 Å². The first-order valence-corrected chi connectivity index (χ1v) is 6.95. The molecule has 102 valence electrons. The molecule has 0 aliphatic carbocycles. The fourth-order valence-electron chi connectivity index (χ4n) is 1.59. The SMILES string of the molecule is CCCC(C)(O)CNC(=O)c1csc(C(C)N)n1. The van der Waals surface area contributed by atoms with Crippen LogP contribution in [0.3, 0.4) is 0 Å². The second-order valence-electron chi connectivity index (χ2n) is 4.79. The molecule has 1 amide bonds. The van der Waals surface area contributed by atoms with E-state index in [1.54, 1.807) is 12.3 Å². The molecule has 2 unspecified atom stereocenters. The van der Waals surface area contributed by atoms with Gasteiger partial charge in [0.05, 0.1) is 11.6 Å². The van der Waals surface area contributed by atoms with E-state index in [1.165, 1.54) is 11.3 Å². The normalized spacial score (nSPS) is 16.1. The van der Waals surface area contributed by atoms with Gasteiger partial charge in [0.25, 0.3) is 5.91 Å². The van der Waals surface area contributed by atoms with E-state index in [0.29, 0.717) is 12.1 Å². The van der Waals surface area contributed by atoms with E-state index in [0.717, 1.165) is 11.4 Å². The summed E-state index contributed by atoms with van der Waals surface area (Å²) in [6, 6.07) is -0.167. The third kappa shape index (κ3) is 4.36. The van der Waals surface area contributed by atoms with Gasteiger partial charge < -0.3 is 16.2 Å². The maximum atomic E-state index is 11.8. The molecule has 1 heterocycles. The molecule has 0 fully saturated rings. The molecular weight excluding hydrogens is 250 g/mol. The van der Waals surface area contributed by atoms with E-state index in [-0.39, 0.29) is 18.5 Å². The Labute approximate surface area is 111 Å². The maximum Gasteiger partial charge on any atom is 0.270 e. The number of rotatable bonds is 6. The minimum Gasteiger partial charge on any atom is -0.388 e. The van der Waals surface area contributed by atoms with Crippen LogP contribution in [0.25, 0.3) is 0 Å². The monoisotopic (exact) mass is 271 g/mol. The molecule has 18 heavy (non-hydrogen) atoms. The Morgan fingerprint density at radius 2 is 2.39 bits per heavy atom. The van der Waals surface area contributed by atoms with Gasteiger partial charge in [-0.15, -0.1) is 11.3 Å². The van der Waals surface area contributed by atoms with Crippen molar-refractivity contribution < 1.29 is 9.90 Å². The molecule has 0 aliphatic rings. The first-order valence-electron chi connectivity index (χ1n) is 6.07. The van der Waals surface area contributed by atoms with E-state index < -0.39 is 5.60 Å². The molecule has 0 saturated carbocycles. The van der Waals surface area contributed by atoms with Crippen LogP contribution in [0.2, 0.25) is 0 Å². The largest absolute Gasteiger partial charge is 0.388 e. The lowest BCUT2D eigenvalue weighted by Gasteiger charge is -2.22. The molecule has 0 radical (unpaired) electrons. The molecule has 0 bridgehead atoms. The van der Waals surface area contributed by atoms with Gasteiger partial charge >= 0.3 is 0 Å². The smallest absolute Gasteiger partial charge is 0.270 e. The zero-order chi connectivity index (χ0) is 13.8. The topological polar surface area (TPSA) is 88.2 Å². The van der Waals surface area contributed by atoms with Crippen LogP contribution in [0, 0.1) is 0 Å². The number of carbonyl (C=O) groups is 1. The zero-order valence-corrected chi connectivity index (χ0v) is 11.9. The standard InChI is InChI=1S/C12H21N3O2S/c1-4-5-12(3,17)7-14-10(16)9-6-18-11(15-9)8(2)13/h6,8,17H,4-5,7,13H2,1-3H3,(H,14,16). The minimum atomic E-state index is -0.871. The predicted molar refractivity (Wildman–Crippen MR) is 72.6 cm³/mol. The fourth-order valence-corrected chi connectivity index (χ4v) is 2.35. The summed E-state index contributed by atoms with van der Waals surface area (Å²) in [5, 5.41) is 15.1. The second kappa shape index (κ2) is 6.26. The van der Waals surface area contributed by atoms with Crippen LogP contribution in [0.15, 0.2) is 5.38 Å². The molecule has 1 aromatic rings. The molecule has 0 aromatic carbocycles. The summed E-state index contributed by atoms with van der Waals surface area (Å²) in [7, 11) is 0. The number of nitrogens with zero attached hydrogens (tertiary/aromatic N) is 1. The molecule has 1 rings (SSSR count). The zero-order valence-electron chi connectivity index (χ0n) is 11.1. The van der Waals surface area contributed by atoms with Gasteiger partial charge in [-0.2, -0.15) is 0 Å². The number of amides is 1. The van der Waals surface area contributed by atoms with E-state index in [2.05, 4.69) is 10.3 Å². The number of nitrogens with one attached hydrogen (secondary N) is 1. The lowest BCUT2D eigenvalue weighted by molar-refractivity contribution is 0.0468. The number of aliphatic hydroxyl groups is 1. The Balaban J connectivity index is 2.55. The van der Waals surface area contributed by atoms with E-state index in [9.17, 15) is 9.90 Å². The molecule has 5 nitrogen and oxygen atoms in total. The van der Waals surface area contributed by atoms with Gasteiger partial charge in [-0.1, -0.05) is 13.3 Å². The first kappa shape index (κ1) is 15.1. The van der Waals surface area contributed by atoms with Gasteiger partial charge in [0.15, 0.2) is 0 Å². The van der Waals surface area contributed by atoms with E-state index >= 15 is 0 Å². The summed E-state index contributed by atoms with van der Waals surface area (Å²) >= 11 is 1.37. The lowest BCUT2D eigenvalue weighted by atomic mass is 10.0. The summed E-state index contributed by atoms with van der Waals surface area (Å²) in [6.07, 6.45) is 1.52. The lowest BCUT2D eigenvalue weighted by Crippen LogP contribution is -2.40. The number of aromatic nitrogens is 1. The first-order chi connectivity index (χ1) is 8.35. The van der Waals surface area contributed by atoms with Gasteiger partial charge in [0.2, 0.25) is 0 Å². The molecule has 0 spiro atoms. The third-order valence-corrected chi connectivity index (χ3v) is 3.61. The van der Waals surface area contributed by atoms with Crippen LogP contribution in [0.5, 0.6) is 0 Å². The highest BCUT2D eigenvalue weighted by atomic mass is 32.1. The van der Waals surface area contributed by atoms with Gasteiger partial charge in [-0.25, -0.2) is 4.98 Å². The van der Waals surface area contributed by atoms with Gasteiger partial charge in [-0.05, 0) is 20.3 Å². The highest BCUT2D eigenvalue weighted by Gasteiger charge is 2.21. The highest BCUT2D eigenvalue weighted by Crippen LogP contribution is 2.16. The van der Waals surface area contributed by atoms with Gasteiger partial charge in [0, 0.05) is 11.9 Å². The van der Waals surface area contributed by atoms with Crippen molar-refractivity contribution in [2.45, 2.75) is 45.3 Å². The van der Waals surface area contributed by atoms with Crippen molar-refractivity contribution in [1.29, 1.82) is 0 Å². The summed E-state index contributed by atoms with van der Waals surface area (Å²) in [4.78, 5) is 16.0. The van der Waals surface area contributed by atoms with Gasteiger partial charge in [0.1, 0.15) is 10.7 Å². The Morgan fingerprint density at radius 1 is 1.72 bits per heavy atom. The summed E-state index contributed by atoms with van der Waals surface area (Å²) in [5.74, 6) is -0.269. The molecule has 0 aliphatic heterocycles. The molecule has 4 N–H and O–H groups in total. The van der Waals surface area contributed by atoms with Crippen LogP contribution < -0.4 is 11.1 Å². The molecule has 2 atom stereocenters. The van der Waals surface area contributed by atoms with Crippen molar-refractivity contribution in [3.8, 4) is 0 Å². The number of nitrogens with two attached hydrogens (primary N) is 1. The quantitative estimate of drug-likeness (QED) is 0.730. The highest BCUT2D eigenvalue weighted by molar-refractivity contribution is 7.09. The second-order valence-corrected chi connectivity index (χ2v) is 5.68. The molecule has 6 heteroatoms. The third-order valence-electron chi connectivity index (χ3n) is 2.56. The molecule has 0 saturated heterocycles. The Morgan fingerprint density at radius 3 is 2.89 bits per heavy atom. The fraction of sp³-hybridized carbons (Fsp3) is 0.667. The minimum absolute atomic E-state index is 0.167. The van der Waals surface area contributed by atoms with Crippen molar-refractivity contribution in [3.05, 3.63) is 16.1 Å². The van der Waals surface area contributed by atoms with E-state index in [1.807, 2.05) is 13.8 Å². The number of thiazole rings is 1. The van der Waals surface area contributed by atoms with Crippen LogP contribution in [0.1, 0.15) is 55.2 Å². The van der Waals surface area contributed by atoms with Crippen molar-refractivity contribution in [3.63, 3.8) is 0 Å². The number of carbonyl (C=O) groups excluding carboxylic acids is 1. The Bertz CT molecular complexity index is 402. The molecule has 1 aromatic heterocycles. The maximum absolute atomic E-state index is 11.8. The number of hydrogen-bond donors (Lipinski definition) is 3.